The molecule has 0 heterocycles. The average molecular weight is 290 g/mol. The van der Waals surface area contributed by atoms with E-state index >= 15 is 0 Å². The van der Waals surface area contributed by atoms with Gasteiger partial charge in [-0.15, -0.1) is 0 Å². The third-order valence-electron chi connectivity index (χ3n) is 1.89. The maximum absolute atomic E-state index is 12.7. The number of aliphatic carboxylic acids is 1. The molecular weight excluding hydrogens is 281 g/mol. The second-order valence-electron chi connectivity index (χ2n) is 3.16. The lowest BCUT2D eigenvalue weighted by Gasteiger charge is -2.10. The summed E-state index contributed by atoms with van der Waals surface area (Å²) in [4.78, 5) is 22.1. The maximum Gasteiger partial charge on any atom is 0.325 e. The topological polar surface area (TPSA) is 66.4 Å². The fraction of sp³-hybridized carbons (Fsp3) is 0.200. The Morgan fingerprint density at radius 1 is 1.50 bits per heavy atom. The number of rotatable bonds is 3. The predicted molar refractivity (Wildman–Crippen MR) is 58.7 cm³/mol. The van der Waals surface area contributed by atoms with E-state index in [1.165, 1.54) is 13.0 Å². The SMILES string of the molecule is CC(NC(=O)c1ccc(F)cc1Br)C(=O)O. The molecule has 0 fully saturated rings. The highest BCUT2D eigenvalue weighted by atomic mass is 79.9. The van der Waals surface area contributed by atoms with Gasteiger partial charge < -0.3 is 10.4 Å². The van der Waals surface area contributed by atoms with Gasteiger partial charge in [-0.1, -0.05) is 0 Å². The van der Waals surface area contributed by atoms with Crippen molar-refractivity contribution in [3.63, 3.8) is 0 Å². The number of carboxylic acids is 1. The van der Waals surface area contributed by atoms with Crippen molar-refractivity contribution < 1.29 is 19.1 Å². The molecule has 0 aliphatic heterocycles. The maximum atomic E-state index is 12.7. The van der Waals surface area contributed by atoms with Gasteiger partial charge in [0, 0.05) is 4.47 Å². The zero-order valence-corrected chi connectivity index (χ0v) is 9.92. The van der Waals surface area contributed by atoms with Gasteiger partial charge in [-0.2, -0.15) is 0 Å². The first-order chi connectivity index (χ1) is 7.41. The molecule has 0 saturated heterocycles. The minimum atomic E-state index is -1.13. The molecule has 1 aromatic carbocycles. The minimum Gasteiger partial charge on any atom is -0.480 e. The van der Waals surface area contributed by atoms with Crippen molar-refractivity contribution in [1.29, 1.82) is 0 Å². The lowest BCUT2D eigenvalue weighted by molar-refractivity contribution is -0.138. The quantitative estimate of drug-likeness (QED) is 0.892. The summed E-state index contributed by atoms with van der Waals surface area (Å²) in [6, 6.07) is 2.55. The Balaban J connectivity index is 2.85. The summed E-state index contributed by atoms with van der Waals surface area (Å²) in [5, 5.41) is 10.9. The summed E-state index contributed by atoms with van der Waals surface area (Å²) in [6.07, 6.45) is 0. The lowest BCUT2D eigenvalue weighted by atomic mass is 10.2. The standard InChI is InChI=1S/C10H9BrFNO3/c1-5(10(15)16)13-9(14)7-3-2-6(12)4-8(7)11/h2-5H,1H3,(H,13,14)(H,15,16). The fourth-order valence-electron chi connectivity index (χ4n) is 1.01. The van der Waals surface area contributed by atoms with E-state index in [-0.39, 0.29) is 10.0 Å². The van der Waals surface area contributed by atoms with E-state index in [0.717, 1.165) is 12.1 Å². The average Bonchev–Trinajstić information content (AvgIpc) is 2.16. The molecule has 0 saturated carbocycles. The summed E-state index contributed by atoms with van der Waals surface area (Å²) in [5.74, 6) is -2.18. The number of hydrogen-bond donors (Lipinski definition) is 2. The van der Waals surface area contributed by atoms with E-state index in [4.69, 9.17) is 5.11 Å². The Morgan fingerprint density at radius 2 is 2.12 bits per heavy atom. The minimum absolute atomic E-state index is 0.189. The number of hydrogen-bond acceptors (Lipinski definition) is 2. The van der Waals surface area contributed by atoms with Crippen molar-refractivity contribution in [1.82, 2.24) is 5.32 Å². The van der Waals surface area contributed by atoms with Crippen LogP contribution in [-0.4, -0.2) is 23.0 Å². The monoisotopic (exact) mass is 289 g/mol. The number of nitrogens with one attached hydrogen (secondary N) is 1. The summed E-state index contributed by atoms with van der Waals surface area (Å²) >= 11 is 3.03. The van der Waals surface area contributed by atoms with Crippen LogP contribution in [0.15, 0.2) is 22.7 Å². The first-order valence-electron chi connectivity index (χ1n) is 4.40. The molecule has 0 bridgehead atoms. The molecule has 1 atom stereocenters. The van der Waals surface area contributed by atoms with Crippen LogP contribution < -0.4 is 5.32 Å². The predicted octanol–water partition coefficient (Wildman–Crippen LogP) is 1.79. The van der Waals surface area contributed by atoms with Gasteiger partial charge in [0.25, 0.3) is 5.91 Å². The number of halogens is 2. The van der Waals surface area contributed by atoms with Crippen LogP contribution in [0.4, 0.5) is 4.39 Å². The summed E-state index contributed by atoms with van der Waals surface area (Å²) in [7, 11) is 0. The van der Waals surface area contributed by atoms with Crippen molar-refractivity contribution >= 4 is 27.8 Å². The largest absolute Gasteiger partial charge is 0.480 e. The molecule has 1 amide bonds. The zero-order chi connectivity index (χ0) is 12.3. The van der Waals surface area contributed by atoms with Gasteiger partial charge in [0.15, 0.2) is 0 Å². The van der Waals surface area contributed by atoms with E-state index < -0.39 is 23.7 Å². The van der Waals surface area contributed by atoms with Crippen LogP contribution in [0.3, 0.4) is 0 Å². The highest BCUT2D eigenvalue weighted by Gasteiger charge is 2.17. The molecule has 86 valence electrons. The fourth-order valence-corrected chi connectivity index (χ4v) is 1.54. The molecule has 2 N–H and O–H groups in total. The molecule has 0 spiro atoms. The second-order valence-corrected chi connectivity index (χ2v) is 4.01. The summed E-state index contributed by atoms with van der Waals surface area (Å²) in [5.41, 5.74) is 0.189. The van der Waals surface area contributed by atoms with Crippen LogP contribution in [0.25, 0.3) is 0 Å². The Kier molecular flexibility index (Phi) is 4.00. The third kappa shape index (κ3) is 3.03. The van der Waals surface area contributed by atoms with E-state index in [2.05, 4.69) is 21.2 Å². The molecule has 0 radical (unpaired) electrons. The molecular formula is C10H9BrFNO3. The normalized spacial score (nSPS) is 11.9. The van der Waals surface area contributed by atoms with Crippen LogP contribution in [0.1, 0.15) is 17.3 Å². The molecule has 0 aliphatic rings. The molecule has 1 aromatic rings. The van der Waals surface area contributed by atoms with E-state index in [1.807, 2.05) is 0 Å². The first kappa shape index (κ1) is 12.6. The first-order valence-corrected chi connectivity index (χ1v) is 5.20. The van der Waals surface area contributed by atoms with Crippen LogP contribution in [-0.2, 0) is 4.79 Å². The highest BCUT2D eigenvalue weighted by Crippen LogP contribution is 2.17. The molecule has 1 rings (SSSR count). The van der Waals surface area contributed by atoms with E-state index in [0.29, 0.717) is 0 Å². The Morgan fingerprint density at radius 3 is 2.62 bits per heavy atom. The van der Waals surface area contributed by atoms with Gasteiger partial charge in [-0.05, 0) is 41.1 Å². The van der Waals surface area contributed by atoms with Crippen LogP contribution in [0.5, 0.6) is 0 Å². The number of amides is 1. The van der Waals surface area contributed by atoms with Crippen LogP contribution in [0.2, 0.25) is 0 Å². The number of benzene rings is 1. The summed E-state index contributed by atoms with van der Waals surface area (Å²) < 4.78 is 13.0. The second kappa shape index (κ2) is 5.07. The number of carbonyl (C=O) groups excluding carboxylic acids is 1. The smallest absolute Gasteiger partial charge is 0.325 e. The molecule has 0 aliphatic carbocycles. The van der Waals surface area contributed by atoms with Crippen molar-refractivity contribution in [2.24, 2.45) is 0 Å². The van der Waals surface area contributed by atoms with Crippen molar-refractivity contribution in [3.8, 4) is 0 Å². The molecule has 4 nitrogen and oxygen atoms in total. The lowest BCUT2D eigenvalue weighted by Crippen LogP contribution is -2.38. The molecule has 6 heteroatoms. The van der Waals surface area contributed by atoms with Crippen molar-refractivity contribution in [3.05, 3.63) is 34.1 Å². The molecule has 0 aromatic heterocycles. The van der Waals surface area contributed by atoms with Gasteiger partial charge >= 0.3 is 5.97 Å². The summed E-state index contributed by atoms with van der Waals surface area (Å²) in [6.45, 7) is 1.34. The Bertz CT molecular complexity index is 436. The van der Waals surface area contributed by atoms with E-state index in [9.17, 15) is 14.0 Å². The highest BCUT2D eigenvalue weighted by molar-refractivity contribution is 9.10. The van der Waals surface area contributed by atoms with Crippen LogP contribution in [0, 0.1) is 5.82 Å². The van der Waals surface area contributed by atoms with Gasteiger partial charge in [0.2, 0.25) is 0 Å². The number of carboxylic acid groups (broad SMARTS) is 1. The van der Waals surface area contributed by atoms with Crippen LogP contribution >= 0.6 is 15.9 Å². The van der Waals surface area contributed by atoms with Gasteiger partial charge in [-0.3, -0.25) is 9.59 Å². The van der Waals surface area contributed by atoms with Gasteiger partial charge in [-0.25, -0.2) is 4.39 Å². The number of carbonyl (C=O) groups is 2. The molecule has 1 unspecified atom stereocenters. The third-order valence-corrected chi connectivity index (χ3v) is 2.55. The van der Waals surface area contributed by atoms with Crippen molar-refractivity contribution in [2.45, 2.75) is 13.0 Å². The van der Waals surface area contributed by atoms with Gasteiger partial charge in [0.1, 0.15) is 11.9 Å². The molecule has 16 heavy (non-hydrogen) atoms. The van der Waals surface area contributed by atoms with E-state index in [1.54, 1.807) is 0 Å². The zero-order valence-electron chi connectivity index (χ0n) is 8.33. The van der Waals surface area contributed by atoms with Crippen molar-refractivity contribution in [2.75, 3.05) is 0 Å². The Labute approximate surface area is 99.6 Å². The Hall–Kier alpha value is -1.43. The van der Waals surface area contributed by atoms with Gasteiger partial charge in [0.05, 0.1) is 5.56 Å².